The van der Waals surface area contributed by atoms with Crippen molar-refractivity contribution in [2.24, 2.45) is 5.41 Å². The molecule has 2 saturated heterocycles. The number of aromatic nitrogens is 1. The number of carbonyl (C=O) groups is 1. The Hall–Kier alpha value is -2.81. The lowest BCUT2D eigenvalue weighted by molar-refractivity contribution is -0.141. The van der Waals surface area contributed by atoms with Crippen molar-refractivity contribution in [3.05, 3.63) is 59.8 Å². The van der Waals surface area contributed by atoms with Crippen molar-refractivity contribution in [1.82, 2.24) is 15.2 Å². The van der Waals surface area contributed by atoms with Crippen LogP contribution >= 0.6 is 0 Å². The van der Waals surface area contributed by atoms with Gasteiger partial charge in [0.05, 0.1) is 6.04 Å². The minimum atomic E-state index is -4.55. The summed E-state index contributed by atoms with van der Waals surface area (Å²) in [5, 5.41) is 12.6. The van der Waals surface area contributed by atoms with Crippen molar-refractivity contribution in [3.8, 4) is 5.88 Å². The van der Waals surface area contributed by atoms with Crippen LogP contribution in [0.1, 0.15) is 30.2 Å². The summed E-state index contributed by atoms with van der Waals surface area (Å²) in [4.78, 5) is 16.3. The molecule has 2 unspecified atom stereocenters. The molecule has 0 aliphatic carbocycles. The van der Waals surface area contributed by atoms with Crippen LogP contribution < -0.4 is 10.1 Å². The van der Waals surface area contributed by atoms with Crippen LogP contribution in [0.15, 0.2) is 48.5 Å². The highest BCUT2D eigenvalue weighted by Gasteiger charge is 2.53. The molecule has 2 aromatic rings. The summed E-state index contributed by atoms with van der Waals surface area (Å²) in [5.41, 5.74) is -0.347. The van der Waals surface area contributed by atoms with Crippen LogP contribution in [-0.2, 0) is 6.18 Å². The predicted octanol–water partition coefficient (Wildman–Crippen LogP) is 3.95. The van der Waals surface area contributed by atoms with Crippen LogP contribution in [0.4, 0.5) is 18.0 Å². The first-order chi connectivity index (χ1) is 14.3. The lowest BCUT2D eigenvalue weighted by Gasteiger charge is -2.56. The maximum atomic E-state index is 13.1. The Kier molecular flexibility index (Phi) is 5.31. The normalized spacial score (nSPS) is 21.7. The molecular weight excluding hydrogens is 399 g/mol. The molecule has 0 saturated carbocycles. The van der Waals surface area contributed by atoms with Gasteiger partial charge in [0.1, 0.15) is 11.8 Å². The molecule has 2 N–H and O–H groups in total. The topological polar surface area (TPSA) is 74.7 Å². The van der Waals surface area contributed by atoms with E-state index in [9.17, 15) is 23.1 Å². The van der Waals surface area contributed by atoms with Gasteiger partial charge in [0.25, 0.3) is 0 Å². The second-order valence-electron chi connectivity index (χ2n) is 7.80. The Morgan fingerprint density at radius 2 is 1.87 bits per heavy atom. The molecule has 0 bridgehead atoms. The first kappa shape index (κ1) is 20.5. The van der Waals surface area contributed by atoms with Crippen LogP contribution in [0.2, 0.25) is 0 Å². The average Bonchev–Trinajstić information content (AvgIpc) is 2.73. The summed E-state index contributed by atoms with van der Waals surface area (Å²) in [6, 6.07) is 12.8. The van der Waals surface area contributed by atoms with E-state index in [1.807, 2.05) is 30.3 Å². The maximum Gasteiger partial charge on any atom is 0.433 e. The zero-order valence-electron chi connectivity index (χ0n) is 16.1. The first-order valence-electron chi connectivity index (χ1n) is 9.76. The first-order valence-corrected chi connectivity index (χ1v) is 9.76. The number of carboxylic acid groups (broad SMARTS) is 1. The summed E-state index contributed by atoms with van der Waals surface area (Å²) >= 11 is 0. The molecule has 1 aromatic carbocycles. The Morgan fingerprint density at radius 3 is 2.43 bits per heavy atom. The van der Waals surface area contributed by atoms with Gasteiger partial charge in [-0.3, -0.25) is 0 Å². The highest BCUT2D eigenvalue weighted by atomic mass is 19.4. The maximum absolute atomic E-state index is 13.1. The molecule has 6 nitrogen and oxygen atoms in total. The number of benzene rings is 1. The number of alkyl halides is 3. The standard InChI is InChI=1S/C21H22F3N3O3/c22-21(23,24)15-7-4-8-16(26-15)30-17(14-5-2-1-3-6-14)18-20(13-25-18)9-11-27(12-10-20)19(28)29/h1-8,17-18,25H,9-13H2,(H,28,29). The number of nitrogens with zero attached hydrogens (tertiary/aromatic N) is 2. The van der Waals surface area contributed by atoms with E-state index in [-0.39, 0.29) is 17.3 Å². The molecule has 30 heavy (non-hydrogen) atoms. The molecule has 4 rings (SSSR count). The average molecular weight is 421 g/mol. The molecule has 2 atom stereocenters. The van der Waals surface area contributed by atoms with Gasteiger partial charge in [0.15, 0.2) is 0 Å². The highest BCUT2D eigenvalue weighted by Crippen LogP contribution is 2.46. The van der Waals surface area contributed by atoms with Gasteiger partial charge in [-0.15, -0.1) is 0 Å². The van der Waals surface area contributed by atoms with Gasteiger partial charge in [-0.05, 0) is 24.5 Å². The second kappa shape index (κ2) is 7.79. The van der Waals surface area contributed by atoms with Crippen molar-refractivity contribution in [3.63, 3.8) is 0 Å². The van der Waals surface area contributed by atoms with Gasteiger partial charge in [-0.2, -0.15) is 13.2 Å². The van der Waals surface area contributed by atoms with Crippen molar-refractivity contribution in [2.75, 3.05) is 19.6 Å². The molecular formula is C21H22F3N3O3. The molecule has 3 heterocycles. The number of piperidine rings is 1. The van der Waals surface area contributed by atoms with Crippen LogP contribution in [0, 0.1) is 5.41 Å². The lowest BCUT2D eigenvalue weighted by Crippen LogP contribution is -2.68. The number of ether oxygens (including phenoxy) is 1. The minimum absolute atomic E-state index is 0.0921. The zero-order valence-corrected chi connectivity index (χ0v) is 16.1. The Morgan fingerprint density at radius 1 is 1.17 bits per heavy atom. The van der Waals surface area contributed by atoms with Gasteiger partial charge >= 0.3 is 12.3 Å². The van der Waals surface area contributed by atoms with Gasteiger partial charge < -0.3 is 20.1 Å². The third-order valence-electron chi connectivity index (χ3n) is 6.06. The molecule has 9 heteroatoms. The van der Waals surface area contributed by atoms with Crippen LogP contribution in [-0.4, -0.2) is 46.8 Å². The van der Waals surface area contributed by atoms with E-state index in [0.29, 0.717) is 32.5 Å². The number of nitrogens with one attached hydrogen (secondary N) is 1. The summed E-state index contributed by atoms with van der Waals surface area (Å²) in [6.07, 6.45) is -4.70. The van der Waals surface area contributed by atoms with E-state index in [0.717, 1.165) is 11.6 Å². The van der Waals surface area contributed by atoms with Crippen LogP contribution in [0.5, 0.6) is 5.88 Å². The smallest absolute Gasteiger partial charge is 0.433 e. The van der Waals surface area contributed by atoms with Crippen LogP contribution in [0.3, 0.4) is 0 Å². The Labute approximate surface area is 171 Å². The van der Waals surface area contributed by atoms with Crippen molar-refractivity contribution in [1.29, 1.82) is 0 Å². The quantitative estimate of drug-likeness (QED) is 0.782. The fourth-order valence-corrected chi connectivity index (χ4v) is 4.31. The largest absolute Gasteiger partial charge is 0.468 e. The van der Waals surface area contributed by atoms with E-state index in [1.165, 1.54) is 17.0 Å². The molecule has 0 radical (unpaired) electrons. The number of hydrogen-bond acceptors (Lipinski definition) is 4. The number of halogens is 3. The van der Waals surface area contributed by atoms with Crippen molar-refractivity contribution in [2.45, 2.75) is 31.2 Å². The number of rotatable bonds is 4. The highest BCUT2D eigenvalue weighted by molar-refractivity contribution is 5.65. The molecule has 2 aliphatic rings. The number of pyridine rings is 1. The number of likely N-dealkylation sites (tertiary alicyclic amines) is 1. The fourth-order valence-electron chi connectivity index (χ4n) is 4.31. The number of amides is 1. The third-order valence-corrected chi connectivity index (χ3v) is 6.06. The molecule has 1 spiro atoms. The molecule has 2 aliphatic heterocycles. The van der Waals surface area contributed by atoms with Gasteiger partial charge in [-0.25, -0.2) is 9.78 Å². The van der Waals surface area contributed by atoms with Gasteiger partial charge in [0, 0.05) is 31.1 Å². The zero-order chi connectivity index (χ0) is 21.4. The summed E-state index contributed by atoms with van der Waals surface area (Å²) in [7, 11) is 0. The molecule has 1 aromatic heterocycles. The summed E-state index contributed by atoms with van der Waals surface area (Å²) in [6.45, 7) is 1.57. The lowest BCUT2D eigenvalue weighted by atomic mass is 9.64. The summed E-state index contributed by atoms with van der Waals surface area (Å²) in [5.74, 6) is -0.0921. The monoisotopic (exact) mass is 421 g/mol. The van der Waals surface area contributed by atoms with E-state index in [2.05, 4.69) is 10.3 Å². The SMILES string of the molecule is O=C(O)N1CCC2(CC1)CNC2C(Oc1cccc(C(F)(F)F)n1)c1ccccc1. The third kappa shape index (κ3) is 3.94. The van der Waals surface area contributed by atoms with E-state index < -0.39 is 24.1 Å². The van der Waals surface area contributed by atoms with E-state index >= 15 is 0 Å². The van der Waals surface area contributed by atoms with Gasteiger partial charge in [0.2, 0.25) is 5.88 Å². The predicted molar refractivity (Wildman–Crippen MR) is 102 cm³/mol. The van der Waals surface area contributed by atoms with Crippen LogP contribution in [0.25, 0.3) is 0 Å². The van der Waals surface area contributed by atoms with E-state index in [4.69, 9.17) is 4.74 Å². The van der Waals surface area contributed by atoms with Crippen molar-refractivity contribution >= 4 is 6.09 Å². The van der Waals surface area contributed by atoms with E-state index in [1.54, 1.807) is 0 Å². The molecule has 1 amide bonds. The summed E-state index contributed by atoms with van der Waals surface area (Å²) < 4.78 is 45.2. The Balaban J connectivity index is 1.60. The minimum Gasteiger partial charge on any atom is -0.468 e. The number of hydrogen-bond donors (Lipinski definition) is 2. The Bertz CT molecular complexity index is 899. The second-order valence-corrected chi connectivity index (χ2v) is 7.80. The fraction of sp³-hybridized carbons (Fsp3) is 0.429. The van der Waals surface area contributed by atoms with Gasteiger partial charge in [-0.1, -0.05) is 36.4 Å². The van der Waals surface area contributed by atoms with Crippen molar-refractivity contribution < 1.29 is 27.8 Å². The molecule has 160 valence electrons. The molecule has 2 fully saturated rings.